The lowest BCUT2D eigenvalue weighted by atomic mass is 10.2. The third kappa shape index (κ3) is 2.32. The van der Waals surface area contributed by atoms with E-state index in [9.17, 15) is 14.4 Å². The zero-order valence-corrected chi connectivity index (χ0v) is 10.0. The Morgan fingerprint density at radius 3 is 2.78 bits per heavy atom. The molecule has 0 saturated carbocycles. The summed E-state index contributed by atoms with van der Waals surface area (Å²) in [6.07, 6.45) is -0.147. The van der Waals surface area contributed by atoms with Crippen LogP contribution >= 0.6 is 0 Å². The molecule has 1 aromatic heterocycles. The number of H-pyrrole nitrogens is 1. The van der Waals surface area contributed by atoms with Gasteiger partial charge in [-0.2, -0.15) is 0 Å². The normalized spacial score (nSPS) is 10.6. The summed E-state index contributed by atoms with van der Waals surface area (Å²) in [5.41, 5.74) is 1.51. The van der Waals surface area contributed by atoms with Gasteiger partial charge in [0.25, 0.3) is 0 Å². The number of anilines is 1. The maximum Gasteiger partial charge on any atom is 0.417 e. The van der Waals surface area contributed by atoms with Crippen LogP contribution in [0.3, 0.4) is 0 Å². The second-order valence-electron chi connectivity index (χ2n) is 4.03. The van der Waals surface area contributed by atoms with E-state index < -0.39 is 5.76 Å². The van der Waals surface area contributed by atoms with Crippen LogP contribution in [0.25, 0.3) is 11.1 Å². The number of nitrogens with one attached hydrogen (secondary N) is 1. The van der Waals surface area contributed by atoms with Crippen molar-refractivity contribution in [1.82, 2.24) is 4.98 Å². The number of amides is 1. The Morgan fingerprint density at radius 2 is 2.11 bits per heavy atom. The number of oxazole rings is 1. The number of carbonyl (C=O) groups excluding carboxylic acids is 2. The lowest BCUT2D eigenvalue weighted by Crippen LogP contribution is -2.27. The fraction of sp³-hybridized carbons (Fsp3) is 0.250. The number of fused-ring (bicyclic) bond motifs is 1. The highest BCUT2D eigenvalue weighted by atomic mass is 16.4. The van der Waals surface area contributed by atoms with Crippen LogP contribution in [0.1, 0.15) is 13.3 Å². The summed E-state index contributed by atoms with van der Waals surface area (Å²) in [6, 6.07) is 4.89. The second kappa shape index (κ2) is 4.48. The van der Waals surface area contributed by atoms with E-state index in [0.29, 0.717) is 16.8 Å². The fourth-order valence-electron chi connectivity index (χ4n) is 1.62. The first-order chi connectivity index (χ1) is 8.47. The van der Waals surface area contributed by atoms with Crippen molar-refractivity contribution in [2.24, 2.45) is 0 Å². The van der Waals surface area contributed by atoms with Crippen molar-refractivity contribution in [3.8, 4) is 0 Å². The molecule has 1 N–H and O–H groups in total. The number of benzene rings is 1. The van der Waals surface area contributed by atoms with Gasteiger partial charge in [-0.1, -0.05) is 0 Å². The number of carbonyl (C=O) groups is 2. The van der Waals surface area contributed by atoms with E-state index in [1.807, 2.05) is 0 Å². The Bertz CT molecular complexity index is 668. The minimum Gasteiger partial charge on any atom is -0.408 e. The molecule has 0 radical (unpaired) electrons. The molecule has 0 saturated heterocycles. The van der Waals surface area contributed by atoms with Crippen LogP contribution in [0.5, 0.6) is 0 Å². The molecule has 0 atom stereocenters. The first-order valence-electron chi connectivity index (χ1n) is 5.36. The van der Waals surface area contributed by atoms with E-state index in [2.05, 4.69) is 4.98 Å². The highest BCUT2D eigenvalue weighted by Gasteiger charge is 2.14. The van der Waals surface area contributed by atoms with Crippen LogP contribution in [-0.4, -0.2) is 23.7 Å². The smallest absolute Gasteiger partial charge is 0.408 e. The average Bonchev–Trinajstić information content (AvgIpc) is 2.65. The maximum atomic E-state index is 11.7. The molecule has 6 nitrogen and oxygen atoms in total. The van der Waals surface area contributed by atoms with Gasteiger partial charge in [0.15, 0.2) is 5.58 Å². The van der Waals surface area contributed by atoms with Crippen molar-refractivity contribution < 1.29 is 14.0 Å². The molecule has 1 aromatic carbocycles. The van der Waals surface area contributed by atoms with E-state index in [1.165, 1.54) is 11.8 Å². The van der Waals surface area contributed by atoms with E-state index in [4.69, 9.17) is 4.42 Å². The third-order valence-corrected chi connectivity index (χ3v) is 2.57. The van der Waals surface area contributed by atoms with Crippen molar-refractivity contribution >= 4 is 28.5 Å². The van der Waals surface area contributed by atoms with Gasteiger partial charge < -0.3 is 9.32 Å². The van der Waals surface area contributed by atoms with Gasteiger partial charge in [-0.15, -0.1) is 0 Å². The molecule has 6 heteroatoms. The van der Waals surface area contributed by atoms with Crippen LogP contribution in [0.4, 0.5) is 5.69 Å². The Labute approximate surface area is 102 Å². The van der Waals surface area contributed by atoms with E-state index in [1.54, 1.807) is 25.2 Å². The number of Topliss-reactive ketones (excluding diaryl/α,β-unsaturated/α-hetero) is 1. The Kier molecular flexibility index (Phi) is 3.01. The number of aromatic nitrogens is 1. The summed E-state index contributed by atoms with van der Waals surface area (Å²) in [4.78, 5) is 37.5. The molecule has 94 valence electrons. The number of ketones is 1. The Morgan fingerprint density at radius 1 is 1.39 bits per heavy atom. The molecule has 0 fully saturated rings. The van der Waals surface area contributed by atoms with Gasteiger partial charge in [0.1, 0.15) is 5.78 Å². The third-order valence-electron chi connectivity index (χ3n) is 2.57. The number of nitrogens with zero attached hydrogens (tertiary/aromatic N) is 1. The summed E-state index contributed by atoms with van der Waals surface area (Å²) >= 11 is 0. The van der Waals surface area contributed by atoms with Crippen molar-refractivity contribution in [2.75, 3.05) is 11.9 Å². The topological polar surface area (TPSA) is 83.4 Å². The standard InChI is InChI=1S/C12H12N2O4/c1-7(15)5-11(16)14(2)8-3-4-9-10(6-8)18-12(17)13-9/h3-4,6H,5H2,1-2H3,(H,13,17). The summed E-state index contributed by atoms with van der Waals surface area (Å²) in [7, 11) is 1.57. The van der Waals surface area contributed by atoms with Crippen molar-refractivity contribution in [2.45, 2.75) is 13.3 Å². The van der Waals surface area contributed by atoms with Gasteiger partial charge >= 0.3 is 5.76 Å². The van der Waals surface area contributed by atoms with Crippen LogP contribution in [0.2, 0.25) is 0 Å². The van der Waals surface area contributed by atoms with Gasteiger partial charge in [0, 0.05) is 18.8 Å². The predicted octanol–water partition coefficient (Wildman–Crippen LogP) is 1.06. The molecule has 0 aliphatic heterocycles. The van der Waals surface area contributed by atoms with E-state index in [0.717, 1.165) is 0 Å². The van der Waals surface area contributed by atoms with Crippen molar-refractivity contribution in [1.29, 1.82) is 0 Å². The lowest BCUT2D eigenvalue weighted by molar-refractivity contribution is -0.125. The van der Waals surface area contributed by atoms with Crippen molar-refractivity contribution in [3.63, 3.8) is 0 Å². The zero-order chi connectivity index (χ0) is 13.3. The average molecular weight is 248 g/mol. The number of hydrogen-bond acceptors (Lipinski definition) is 4. The molecule has 1 heterocycles. The Hall–Kier alpha value is -2.37. The monoisotopic (exact) mass is 248 g/mol. The maximum absolute atomic E-state index is 11.7. The molecular weight excluding hydrogens is 236 g/mol. The SMILES string of the molecule is CC(=O)CC(=O)N(C)c1ccc2[nH]c(=O)oc2c1. The highest BCUT2D eigenvalue weighted by molar-refractivity contribution is 6.05. The zero-order valence-electron chi connectivity index (χ0n) is 10.0. The van der Waals surface area contributed by atoms with Crippen LogP contribution < -0.4 is 10.7 Å². The molecular formula is C12H12N2O4. The second-order valence-corrected chi connectivity index (χ2v) is 4.03. The molecule has 2 rings (SSSR count). The summed E-state index contributed by atoms with van der Waals surface area (Å²) < 4.78 is 4.90. The molecule has 0 aliphatic rings. The number of rotatable bonds is 3. The molecule has 0 bridgehead atoms. The molecule has 1 amide bonds. The van der Waals surface area contributed by atoms with Gasteiger partial charge in [0.2, 0.25) is 5.91 Å². The minimum absolute atomic E-state index is 0.147. The fourth-order valence-corrected chi connectivity index (χ4v) is 1.62. The van der Waals surface area contributed by atoms with E-state index in [-0.39, 0.29) is 18.1 Å². The highest BCUT2D eigenvalue weighted by Crippen LogP contribution is 2.19. The van der Waals surface area contributed by atoms with Gasteiger partial charge in [0.05, 0.1) is 11.9 Å². The number of aromatic amines is 1. The molecule has 0 unspecified atom stereocenters. The molecule has 0 spiro atoms. The molecule has 18 heavy (non-hydrogen) atoms. The summed E-state index contributed by atoms with van der Waals surface area (Å²) in [5, 5.41) is 0. The van der Waals surface area contributed by atoms with Gasteiger partial charge in [-0.05, 0) is 19.1 Å². The van der Waals surface area contributed by atoms with E-state index >= 15 is 0 Å². The lowest BCUT2D eigenvalue weighted by Gasteiger charge is -2.16. The minimum atomic E-state index is -0.542. The van der Waals surface area contributed by atoms with Crippen molar-refractivity contribution in [3.05, 3.63) is 28.7 Å². The molecule has 0 aliphatic carbocycles. The summed E-state index contributed by atoms with van der Waals surface area (Å²) in [5.74, 6) is -1.04. The van der Waals surface area contributed by atoms with Crippen LogP contribution in [0.15, 0.2) is 27.4 Å². The first kappa shape index (κ1) is 12.1. The van der Waals surface area contributed by atoms with Crippen LogP contribution in [-0.2, 0) is 9.59 Å². The first-order valence-corrected chi connectivity index (χ1v) is 5.36. The van der Waals surface area contributed by atoms with Crippen LogP contribution in [0, 0.1) is 0 Å². The van der Waals surface area contributed by atoms with Gasteiger partial charge in [-0.3, -0.25) is 14.6 Å². The number of hydrogen-bond donors (Lipinski definition) is 1. The largest absolute Gasteiger partial charge is 0.417 e. The molecule has 2 aromatic rings. The Balaban J connectivity index is 2.32. The quantitative estimate of drug-likeness (QED) is 0.823. The predicted molar refractivity (Wildman–Crippen MR) is 65.5 cm³/mol. The summed E-state index contributed by atoms with van der Waals surface area (Å²) in [6.45, 7) is 1.36. The van der Waals surface area contributed by atoms with Gasteiger partial charge in [-0.25, -0.2) is 4.79 Å².